The molecule has 1 heterocycles. The van der Waals surface area contributed by atoms with Gasteiger partial charge in [0.05, 0.1) is 0 Å². The molecule has 0 aliphatic rings. The van der Waals surface area contributed by atoms with E-state index in [1.54, 1.807) is 0 Å². The number of furan rings is 1. The molecule has 1 aromatic heterocycles. The van der Waals surface area contributed by atoms with Gasteiger partial charge in [-0.1, -0.05) is 127 Å². The maximum absolute atomic E-state index is 6.32. The van der Waals surface area contributed by atoms with Crippen LogP contribution in [0.5, 0.6) is 0 Å². The number of fused-ring (bicyclic) bond motifs is 7. The Morgan fingerprint density at radius 2 is 0.913 bits per heavy atom. The monoisotopic (exact) mass is 587 g/mol. The largest absolute Gasteiger partial charge is 0.456 e. The van der Waals surface area contributed by atoms with E-state index in [4.69, 9.17) is 4.42 Å². The van der Waals surface area contributed by atoms with E-state index < -0.39 is 0 Å². The molecular formula is C44H29NO. The average Bonchev–Trinajstić information content (AvgIpc) is 3.52. The van der Waals surface area contributed by atoms with Crippen molar-refractivity contribution in [2.45, 2.75) is 0 Å². The molecule has 0 fully saturated rings. The Hall–Kier alpha value is -6.12. The van der Waals surface area contributed by atoms with Gasteiger partial charge in [-0.2, -0.15) is 0 Å². The predicted octanol–water partition coefficient (Wildman–Crippen LogP) is 12.7. The molecule has 0 saturated carbocycles. The van der Waals surface area contributed by atoms with E-state index in [2.05, 4.69) is 175 Å². The van der Waals surface area contributed by atoms with Gasteiger partial charge in [-0.05, 0) is 86.9 Å². The summed E-state index contributed by atoms with van der Waals surface area (Å²) < 4.78 is 6.32. The van der Waals surface area contributed by atoms with Crippen LogP contribution in [0.3, 0.4) is 0 Å². The predicted molar refractivity (Wildman–Crippen MR) is 194 cm³/mol. The molecule has 0 spiro atoms. The van der Waals surface area contributed by atoms with Crippen molar-refractivity contribution >= 4 is 60.5 Å². The maximum Gasteiger partial charge on any atom is 0.136 e. The first-order valence-electron chi connectivity index (χ1n) is 15.7. The third-order valence-corrected chi connectivity index (χ3v) is 9.03. The number of para-hydroxylation sites is 1. The second-order valence-electron chi connectivity index (χ2n) is 11.8. The Balaban J connectivity index is 1.28. The molecule has 2 nitrogen and oxygen atoms in total. The lowest BCUT2D eigenvalue weighted by Crippen LogP contribution is -2.10. The molecule has 9 aromatic rings. The number of hydrogen-bond donors (Lipinski definition) is 0. The summed E-state index contributed by atoms with van der Waals surface area (Å²) in [4.78, 5) is 2.37. The number of rotatable bonds is 5. The molecule has 216 valence electrons. The van der Waals surface area contributed by atoms with Crippen molar-refractivity contribution < 1.29 is 4.42 Å². The van der Waals surface area contributed by atoms with Crippen molar-refractivity contribution in [2.24, 2.45) is 0 Å². The summed E-state index contributed by atoms with van der Waals surface area (Å²) in [6.07, 6.45) is 0. The Labute approximate surface area is 267 Å². The first kappa shape index (κ1) is 26.3. The van der Waals surface area contributed by atoms with E-state index in [1.807, 2.05) is 6.07 Å². The quantitative estimate of drug-likeness (QED) is 0.186. The maximum atomic E-state index is 6.32. The van der Waals surface area contributed by atoms with Crippen LogP contribution in [0.2, 0.25) is 0 Å². The molecule has 9 rings (SSSR count). The van der Waals surface area contributed by atoms with Crippen LogP contribution < -0.4 is 4.90 Å². The number of benzene rings is 8. The Bertz CT molecular complexity index is 2510. The van der Waals surface area contributed by atoms with Crippen LogP contribution in [-0.4, -0.2) is 0 Å². The molecule has 0 bridgehead atoms. The molecule has 0 radical (unpaired) electrons. The highest BCUT2D eigenvalue weighted by Crippen LogP contribution is 2.42. The van der Waals surface area contributed by atoms with E-state index in [1.165, 1.54) is 49.2 Å². The molecule has 0 N–H and O–H groups in total. The third kappa shape index (κ3) is 4.43. The molecule has 0 aliphatic heterocycles. The highest BCUT2D eigenvalue weighted by Gasteiger charge is 2.17. The minimum atomic E-state index is 0.913. The van der Waals surface area contributed by atoms with Crippen LogP contribution >= 0.6 is 0 Å². The molecule has 2 heteroatoms. The first-order valence-corrected chi connectivity index (χ1v) is 15.7. The summed E-state index contributed by atoms with van der Waals surface area (Å²) in [5.74, 6) is 0. The Morgan fingerprint density at radius 3 is 1.72 bits per heavy atom. The molecular weight excluding hydrogens is 558 g/mol. The van der Waals surface area contributed by atoms with E-state index in [9.17, 15) is 0 Å². The van der Waals surface area contributed by atoms with Gasteiger partial charge in [-0.3, -0.25) is 0 Å². The summed E-state index contributed by atoms with van der Waals surface area (Å²) in [6.45, 7) is 0. The summed E-state index contributed by atoms with van der Waals surface area (Å²) in [5.41, 5.74) is 9.91. The second-order valence-corrected chi connectivity index (χ2v) is 11.8. The van der Waals surface area contributed by atoms with Gasteiger partial charge < -0.3 is 9.32 Å². The Morgan fingerprint density at radius 1 is 0.326 bits per heavy atom. The van der Waals surface area contributed by atoms with E-state index in [-0.39, 0.29) is 0 Å². The van der Waals surface area contributed by atoms with Gasteiger partial charge in [0.2, 0.25) is 0 Å². The average molecular weight is 588 g/mol. The normalized spacial score (nSPS) is 11.5. The van der Waals surface area contributed by atoms with Crippen LogP contribution in [0, 0.1) is 0 Å². The fourth-order valence-electron chi connectivity index (χ4n) is 6.82. The fraction of sp³-hybridized carbons (Fsp3) is 0. The molecule has 0 unspecified atom stereocenters. The third-order valence-electron chi connectivity index (χ3n) is 9.03. The molecule has 0 aliphatic carbocycles. The zero-order valence-electron chi connectivity index (χ0n) is 25.1. The highest BCUT2D eigenvalue weighted by atomic mass is 16.3. The topological polar surface area (TPSA) is 16.4 Å². The van der Waals surface area contributed by atoms with Crippen LogP contribution in [0.15, 0.2) is 180 Å². The summed E-state index contributed by atoms with van der Waals surface area (Å²) in [7, 11) is 0. The Kier molecular flexibility index (Phi) is 6.17. The zero-order chi connectivity index (χ0) is 30.5. The lowest BCUT2D eigenvalue weighted by molar-refractivity contribution is 0.669. The van der Waals surface area contributed by atoms with E-state index >= 15 is 0 Å². The zero-order valence-corrected chi connectivity index (χ0v) is 25.1. The molecule has 0 amide bonds. The van der Waals surface area contributed by atoms with Crippen LogP contribution in [-0.2, 0) is 0 Å². The van der Waals surface area contributed by atoms with Crippen molar-refractivity contribution in [3.8, 4) is 22.3 Å². The standard InChI is InChI=1S/C44H29NO/c1-3-10-30(11-4-1)32-20-24-36(25-21-32)45(37-15-9-14-35(28-37)31-12-5-2-6-13-31)38-26-22-33-18-19-34-23-27-42-44(43(34)40(33)29-38)39-16-7-8-17-41(39)46-42/h1-29H. The number of anilines is 3. The molecule has 0 saturated heterocycles. The smallest absolute Gasteiger partial charge is 0.136 e. The van der Waals surface area contributed by atoms with Gasteiger partial charge in [0.25, 0.3) is 0 Å². The van der Waals surface area contributed by atoms with E-state index in [0.717, 1.165) is 33.6 Å². The fourth-order valence-corrected chi connectivity index (χ4v) is 6.82. The van der Waals surface area contributed by atoms with Crippen molar-refractivity contribution in [1.29, 1.82) is 0 Å². The van der Waals surface area contributed by atoms with Crippen molar-refractivity contribution in [3.63, 3.8) is 0 Å². The molecule has 0 atom stereocenters. The summed E-state index contributed by atoms with van der Waals surface area (Å²) in [6, 6.07) is 62.8. The highest BCUT2D eigenvalue weighted by molar-refractivity contribution is 6.27. The van der Waals surface area contributed by atoms with E-state index in [0.29, 0.717) is 0 Å². The van der Waals surface area contributed by atoms with Gasteiger partial charge in [0, 0.05) is 33.2 Å². The van der Waals surface area contributed by atoms with Crippen molar-refractivity contribution in [1.82, 2.24) is 0 Å². The van der Waals surface area contributed by atoms with Crippen LogP contribution in [0.25, 0.3) is 65.7 Å². The van der Waals surface area contributed by atoms with Crippen LogP contribution in [0.1, 0.15) is 0 Å². The van der Waals surface area contributed by atoms with Gasteiger partial charge in [-0.15, -0.1) is 0 Å². The van der Waals surface area contributed by atoms with Crippen LogP contribution in [0.4, 0.5) is 17.1 Å². The number of hydrogen-bond acceptors (Lipinski definition) is 2. The molecule has 46 heavy (non-hydrogen) atoms. The second kappa shape index (κ2) is 10.8. The van der Waals surface area contributed by atoms with Crippen molar-refractivity contribution in [3.05, 3.63) is 176 Å². The minimum absolute atomic E-state index is 0.913. The van der Waals surface area contributed by atoms with Gasteiger partial charge in [0.15, 0.2) is 0 Å². The van der Waals surface area contributed by atoms with Crippen molar-refractivity contribution in [2.75, 3.05) is 4.90 Å². The number of nitrogens with zero attached hydrogens (tertiary/aromatic N) is 1. The summed E-state index contributed by atoms with van der Waals surface area (Å²) >= 11 is 0. The van der Waals surface area contributed by atoms with Gasteiger partial charge in [0.1, 0.15) is 11.2 Å². The van der Waals surface area contributed by atoms with Gasteiger partial charge >= 0.3 is 0 Å². The minimum Gasteiger partial charge on any atom is -0.456 e. The lowest BCUT2D eigenvalue weighted by Gasteiger charge is -2.27. The van der Waals surface area contributed by atoms with Gasteiger partial charge in [-0.25, -0.2) is 0 Å². The lowest BCUT2D eigenvalue weighted by atomic mass is 9.96. The summed E-state index contributed by atoms with van der Waals surface area (Å²) in [5, 5.41) is 7.14. The molecule has 8 aromatic carbocycles. The SMILES string of the molecule is c1ccc(-c2ccc(N(c3cccc(-c4ccccc4)c3)c3ccc4ccc5ccc6oc7ccccc7c6c5c4c3)cc2)cc1. The first-order chi connectivity index (χ1) is 22.8.